The smallest absolute Gasteiger partial charge is 0.336 e. The van der Waals surface area contributed by atoms with Crippen molar-refractivity contribution in [3.8, 4) is 0 Å². The van der Waals surface area contributed by atoms with Crippen molar-refractivity contribution >= 4 is 5.97 Å². The maximum atomic E-state index is 12.8. The van der Waals surface area contributed by atoms with Crippen LogP contribution in [0.1, 0.15) is 65.7 Å². The summed E-state index contributed by atoms with van der Waals surface area (Å²) in [5, 5.41) is 19.5. The van der Waals surface area contributed by atoms with E-state index in [2.05, 4.69) is 37.1 Å². The Morgan fingerprint density at radius 3 is 2.89 bits per heavy atom. The van der Waals surface area contributed by atoms with Crippen LogP contribution in [0, 0.1) is 11.8 Å². The number of azo groups is 1. The minimum atomic E-state index is -0.911. The number of carbonyl (C=O) groups excluding carboxylic acids is 1. The number of nitrogens with zero attached hydrogens (tertiary/aromatic N) is 2. The van der Waals surface area contributed by atoms with Gasteiger partial charge in [-0.3, -0.25) is 0 Å². The Morgan fingerprint density at radius 1 is 1.33 bits per heavy atom. The van der Waals surface area contributed by atoms with Crippen molar-refractivity contribution in [2.24, 2.45) is 22.1 Å². The molecule has 27 heavy (non-hydrogen) atoms. The lowest BCUT2D eigenvalue weighted by Crippen LogP contribution is -2.44. The number of rotatable bonds is 0. The van der Waals surface area contributed by atoms with Crippen LogP contribution in [0.4, 0.5) is 0 Å². The van der Waals surface area contributed by atoms with Crippen LogP contribution in [0.3, 0.4) is 0 Å². The van der Waals surface area contributed by atoms with E-state index in [9.17, 15) is 9.90 Å². The van der Waals surface area contributed by atoms with Crippen molar-refractivity contribution in [2.45, 2.75) is 95.2 Å². The van der Waals surface area contributed by atoms with Crippen molar-refractivity contribution < 1.29 is 19.4 Å². The van der Waals surface area contributed by atoms with Crippen molar-refractivity contribution in [1.82, 2.24) is 0 Å². The standard InChI is InChI=1S/C21H32N2O4/c1-13-6-4-8-14(2)17(24)18-15(12-16-20(3,27-16)9-5-7-13)21(19(25)26-18)10-11-22-23-21/h7,14-18,24H,4-6,8-12H2,1-3H3/b13-7+/t14-,15+,16+,17+,18+,20+,21+/m0/s1. The zero-order valence-electron chi connectivity index (χ0n) is 16.7. The maximum absolute atomic E-state index is 12.8. The van der Waals surface area contributed by atoms with Gasteiger partial charge in [-0.1, -0.05) is 18.6 Å². The second-order valence-electron chi connectivity index (χ2n) is 9.22. The molecule has 0 aromatic heterocycles. The number of fused-ring (bicyclic) bond motifs is 3. The summed E-state index contributed by atoms with van der Waals surface area (Å²) >= 11 is 0. The third kappa shape index (κ3) is 3.35. The van der Waals surface area contributed by atoms with Gasteiger partial charge >= 0.3 is 5.97 Å². The molecule has 0 amide bonds. The number of hydrogen-bond acceptors (Lipinski definition) is 6. The molecule has 7 atom stereocenters. The second kappa shape index (κ2) is 6.96. The van der Waals surface area contributed by atoms with Gasteiger partial charge in [0.15, 0.2) is 5.54 Å². The van der Waals surface area contributed by atoms with Crippen LogP contribution in [0.25, 0.3) is 0 Å². The molecule has 6 nitrogen and oxygen atoms in total. The lowest BCUT2D eigenvalue weighted by molar-refractivity contribution is -0.150. The molecule has 3 heterocycles. The Bertz CT molecular complexity index is 663. The molecule has 0 aromatic carbocycles. The number of ether oxygens (including phenoxy) is 2. The highest BCUT2D eigenvalue weighted by molar-refractivity contribution is 5.84. The molecule has 0 aromatic rings. The van der Waals surface area contributed by atoms with E-state index in [1.54, 1.807) is 0 Å². The third-order valence-electron chi connectivity index (χ3n) is 7.24. The van der Waals surface area contributed by atoms with Gasteiger partial charge in [0.2, 0.25) is 0 Å². The zero-order valence-corrected chi connectivity index (χ0v) is 16.7. The fourth-order valence-corrected chi connectivity index (χ4v) is 5.16. The highest BCUT2D eigenvalue weighted by Crippen LogP contribution is 2.51. The predicted molar refractivity (Wildman–Crippen MR) is 100 cm³/mol. The first-order valence-corrected chi connectivity index (χ1v) is 10.5. The summed E-state index contributed by atoms with van der Waals surface area (Å²) in [5.41, 5.74) is 0.348. The summed E-state index contributed by atoms with van der Waals surface area (Å²) in [7, 11) is 0. The van der Waals surface area contributed by atoms with E-state index in [1.165, 1.54) is 5.57 Å². The van der Waals surface area contributed by atoms with E-state index in [0.717, 1.165) is 32.1 Å². The summed E-state index contributed by atoms with van der Waals surface area (Å²) < 4.78 is 11.8. The van der Waals surface area contributed by atoms with Crippen LogP contribution in [0.15, 0.2) is 21.9 Å². The van der Waals surface area contributed by atoms with Crippen molar-refractivity contribution in [1.29, 1.82) is 0 Å². The summed E-state index contributed by atoms with van der Waals surface area (Å²) in [5.74, 6) is -0.407. The highest BCUT2D eigenvalue weighted by Gasteiger charge is 2.64. The molecule has 4 aliphatic rings. The van der Waals surface area contributed by atoms with E-state index >= 15 is 0 Å². The van der Waals surface area contributed by atoms with Crippen molar-refractivity contribution in [3.05, 3.63) is 11.6 Å². The van der Waals surface area contributed by atoms with Crippen LogP contribution in [0.2, 0.25) is 0 Å². The van der Waals surface area contributed by atoms with E-state index in [1.807, 2.05) is 0 Å². The molecule has 0 bridgehead atoms. The molecule has 2 fully saturated rings. The molecule has 1 N–H and O–H groups in total. The van der Waals surface area contributed by atoms with Gasteiger partial charge in [-0.2, -0.15) is 10.2 Å². The highest BCUT2D eigenvalue weighted by atomic mass is 16.6. The van der Waals surface area contributed by atoms with Gasteiger partial charge in [-0.25, -0.2) is 4.79 Å². The quantitative estimate of drug-likeness (QED) is 0.398. The first-order valence-electron chi connectivity index (χ1n) is 10.5. The third-order valence-corrected chi connectivity index (χ3v) is 7.24. The Hall–Kier alpha value is -1.27. The first-order chi connectivity index (χ1) is 12.9. The molecule has 1 spiro atoms. The van der Waals surface area contributed by atoms with Crippen LogP contribution < -0.4 is 0 Å². The van der Waals surface area contributed by atoms with Crippen LogP contribution in [-0.4, -0.2) is 47.1 Å². The number of esters is 1. The average Bonchev–Trinajstić information content (AvgIpc) is 2.98. The number of hydrogen-bond donors (Lipinski definition) is 1. The van der Waals surface area contributed by atoms with Gasteiger partial charge in [0.1, 0.15) is 6.10 Å². The van der Waals surface area contributed by atoms with E-state index in [4.69, 9.17) is 9.47 Å². The van der Waals surface area contributed by atoms with E-state index in [0.29, 0.717) is 19.4 Å². The number of carbonyl (C=O) groups is 1. The molecule has 0 saturated carbocycles. The minimum Gasteiger partial charge on any atom is -0.457 e. The van der Waals surface area contributed by atoms with Crippen LogP contribution in [-0.2, 0) is 14.3 Å². The summed E-state index contributed by atoms with van der Waals surface area (Å²) in [4.78, 5) is 12.8. The number of aliphatic hydroxyl groups is 1. The average molecular weight is 376 g/mol. The lowest BCUT2D eigenvalue weighted by Gasteiger charge is -2.30. The number of allylic oxidation sites excluding steroid dienone is 2. The molecule has 1 aliphatic carbocycles. The van der Waals surface area contributed by atoms with Gasteiger partial charge in [0.25, 0.3) is 0 Å². The van der Waals surface area contributed by atoms with E-state index < -0.39 is 17.7 Å². The number of aliphatic hydroxyl groups excluding tert-OH is 1. The largest absolute Gasteiger partial charge is 0.457 e. The summed E-state index contributed by atoms with van der Waals surface area (Å²) in [6.07, 6.45) is 7.50. The van der Waals surface area contributed by atoms with Gasteiger partial charge in [0.05, 0.1) is 24.4 Å². The fraction of sp³-hybridized carbons (Fsp3) is 0.857. The topological polar surface area (TPSA) is 83.8 Å². The fourth-order valence-electron chi connectivity index (χ4n) is 5.16. The second-order valence-corrected chi connectivity index (χ2v) is 9.22. The molecular formula is C21H32N2O4. The van der Waals surface area contributed by atoms with Gasteiger partial charge in [0, 0.05) is 12.3 Å². The maximum Gasteiger partial charge on any atom is 0.336 e. The van der Waals surface area contributed by atoms with Crippen LogP contribution >= 0.6 is 0 Å². The van der Waals surface area contributed by atoms with Gasteiger partial charge in [-0.15, -0.1) is 0 Å². The van der Waals surface area contributed by atoms with Gasteiger partial charge in [-0.05, 0) is 58.3 Å². The normalized spacial score (nSPS) is 49.7. The Morgan fingerprint density at radius 2 is 2.15 bits per heavy atom. The van der Waals surface area contributed by atoms with E-state index in [-0.39, 0.29) is 29.5 Å². The summed E-state index contributed by atoms with van der Waals surface area (Å²) in [6, 6.07) is 0. The van der Waals surface area contributed by atoms with Crippen LogP contribution in [0.5, 0.6) is 0 Å². The lowest BCUT2D eigenvalue weighted by atomic mass is 9.74. The predicted octanol–water partition coefficient (Wildman–Crippen LogP) is 3.58. The molecule has 3 aliphatic heterocycles. The molecule has 0 unspecified atom stereocenters. The van der Waals surface area contributed by atoms with Crippen molar-refractivity contribution in [2.75, 3.05) is 6.54 Å². The monoisotopic (exact) mass is 376 g/mol. The first kappa shape index (κ1) is 19.1. The Balaban J connectivity index is 1.61. The zero-order chi connectivity index (χ0) is 19.2. The van der Waals surface area contributed by atoms with Crippen molar-refractivity contribution in [3.63, 3.8) is 0 Å². The molecule has 4 rings (SSSR count). The SMILES string of the molecule is C/C1=C\CC[C@@]2(C)O[C@@H]2C[C@@H]2[C@@H](OC(=O)[C@@]23CCN=N3)[C@H](O)[C@@H](C)CCC1. The molecule has 0 radical (unpaired) electrons. The number of epoxide rings is 1. The van der Waals surface area contributed by atoms with Gasteiger partial charge < -0.3 is 14.6 Å². The Kier molecular flexibility index (Phi) is 4.91. The minimum absolute atomic E-state index is 0.0704. The molecule has 2 saturated heterocycles. The molecule has 150 valence electrons. The summed E-state index contributed by atoms with van der Waals surface area (Å²) in [6.45, 7) is 6.95. The molecule has 6 heteroatoms. The Labute approximate surface area is 161 Å². The molecular weight excluding hydrogens is 344 g/mol.